The van der Waals surface area contributed by atoms with Gasteiger partial charge in [0, 0.05) is 17.6 Å². The monoisotopic (exact) mass is 435 g/mol. The Bertz CT molecular complexity index is 1140. The van der Waals surface area contributed by atoms with Crippen LogP contribution in [0.4, 0.5) is 0 Å². The van der Waals surface area contributed by atoms with E-state index in [-0.39, 0.29) is 11.7 Å². The number of carbonyl (C=O) groups excluding carboxylic acids is 1. The molecular weight excluding hydrogens is 405 g/mol. The zero-order valence-corrected chi connectivity index (χ0v) is 19.7. The minimum absolute atomic E-state index is 0.0682. The van der Waals surface area contributed by atoms with E-state index < -0.39 is 0 Å². The van der Waals surface area contributed by atoms with Gasteiger partial charge in [0.05, 0.1) is 34.6 Å². The van der Waals surface area contributed by atoms with E-state index in [2.05, 4.69) is 49.1 Å². The maximum absolute atomic E-state index is 13.2. The fourth-order valence-electron chi connectivity index (χ4n) is 4.88. The molecule has 0 radical (unpaired) electrons. The van der Waals surface area contributed by atoms with Crippen molar-refractivity contribution < 1.29 is 4.79 Å². The first-order valence-electron chi connectivity index (χ1n) is 11.2. The summed E-state index contributed by atoms with van der Waals surface area (Å²) in [5, 5.41) is 5.84. The molecule has 1 saturated heterocycles. The van der Waals surface area contributed by atoms with Crippen molar-refractivity contribution in [2.75, 3.05) is 20.1 Å². The SMILES string of the molecule is CCc1nc(C)cn2nc(C3=CC(=O)N4C=C(C5CCN(C)CC5)C=C(C)C4P3)cc12. The Balaban J connectivity index is 1.45. The van der Waals surface area contributed by atoms with Crippen molar-refractivity contribution in [2.45, 2.75) is 45.8 Å². The van der Waals surface area contributed by atoms with Crippen molar-refractivity contribution >= 4 is 25.3 Å². The number of nitrogens with zero attached hydrogens (tertiary/aromatic N) is 5. The summed E-state index contributed by atoms with van der Waals surface area (Å²) in [4.78, 5) is 22.2. The van der Waals surface area contributed by atoms with Gasteiger partial charge in [-0.25, -0.2) is 4.52 Å². The summed E-state index contributed by atoms with van der Waals surface area (Å²) in [6.07, 6.45) is 11.4. The highest BCUT2D eigenvalue weighted by atomic mass is 31.1. The molecule has 3 aliphatic rings. The van der Waals surface area contributed by atoms with Crippen LogP contribution in [0.3, 0.4) is 0 Å². The fraction of sp³-hybridized carbons (Fsp3) is 0.458. The number of carbonyl (C=O) groups is 1. The Morgan fingerprint density at radius 1 is 1.19 bits per heavy atom. The molecule has 0 aliphatic carbocycles. The number of hydrogen-bond acceptors (Lipinski definition) is 4. The van der Waals surface area contributed by atoms with E-state index in [9.17, 15) is 4.79 Å². The van der Waals surface area contributed by atoms with E-state index in [4.69, 9.17) is 5.10 Å². The van der Waals surface area contributed by atoms with E-state index >= 15 is 0 Å². The van der Waals surface area contributed by atoms with Gasteiger partial charge in [-0.1, -0.05) is 21.6 Å². The highest BCUT2D eigenvalue weighted by Gasteiger charge is 2.34. The molecule has 2 atom stereocenters. The van der Waals surface area contributed by atoms with E-state index in [0.29, 0.717) is 14.5 Å². The number of piperidine rings is 1. The van der Waals surface area contributed by atoms with Gasteiger partial charge in [-0.3, -0.25) is 9.78 Å². The highest BCUT2D eigenvalue weighted by molar-refractivity contribution is 7.51. The van der Waals surface area contributed by atoms with Crippen LogP contribution < -0.4 is 0 Å². The normalized spacial score (nSPS) is 23.7. The van der Waals surface area contributed by atoms with Gasteiger partial charge in [-0.05, 0) is 76.4 Å². The third-order valence-corrected chi connectivity index (χ3v) is 8.38. The van der Waals surface area contributed by atoms with E-state index in [1.165, 1.54) is 11.1 Å². The number of amides is 1. The molecular formula is C24H30N5OP. The van der Waals surface area contributed by atoms with E-state index in [1.54, 1.807) is 6.08 Å². The number of aryl methyl sites for hydroxylation is 2. The average molecular weight is 436 g/mol. The standard InChI is InChI=1S/C24H30N5OP/c1-5-19-21-11-20(26-29(21)13-16(3)25-19)22-12-23(30)28-14-18(10-15(2)24(28)31-22)17-6-8-27(4)9-7-17/h10-14,17,24,31H,5-9H2,1-4H3. The minimum Gasteiger partial charge on any atom is -0.306 e. The van der Waals surface area contributed by atoms with Crippen molar-refractivity contribution in [1.29, 1.82) is 0 Å². The predicted octanol–water partition coefficient (Wildman–Crippen LogP) is 3.97. The van der Waals surface area contributed by atoms with Crippen LogP contribution in [-0.2, 0) is 11.2 Å². The molecule has 1 amide bonds. The molecule has 0 bridgehead atoms. The molecule has 0 N–H and O–H groups in total. The predicted molar refractivity (Wildman–Crippen MR) is 126 cm³/mol. The molecule has 2 aromatic heterocycles. The van der Waals surface area contributed by atoms with Crippen molar-refractivity contribution in [1.82, 2.24) is 24.4 Å². The molecule has 162 valence electrons. The molecule has 3 aliphatic heterocycles. The number of allylic oxidation sites excluding steroid dienone is 2. The zero-order valence-electron chi connectivity index (χ0n) is 18.7. The van der Waals surface area contributed by atoms with Crippen LogP contribution in [0.5, 0.6) is 0 Å². The van der Waals surface area contributed by atoms with Gasteiger partial charge in [0.1, 0.15) is 0 Å². The highest BCUT2D eigenvalue weighted by Crippen LogP contribution is 2.47. The molecule has 5 heterocycles. The van der Waals surface area contributed by atoms with Gasteiger partial charge in [0.2, 0.25) is 0 Å². The second kappa shape index (κ2) is 7.99. The minimum atomic E-state index is 0.0682. The summed E-state index contributed by atoms with van der Waals surface area (Å²) in [7, 11) is 2.67. The first-order chi connectivity index (χ1) is 14.9. The average Bonchev–Trinajstić information content (AvgIpc) is 3.18. The Morgan fingerprint density at radius 3 is 2.71 bits per heavy atom. The van der Waals surface area contributed by atoms with Gasteiger partial charge in [0.15, 0.2) is 0 Å². The summed E-state index contributed by atoms with van der Waals surface area (Å²) < 4.78 is 1.92. The first kappa shape index (κ1) is 20.6. The summed E-state index contributed by atoms with van der Waals surface area (Å²) in [5.74, 6) is 0.729. The number of rotatable bonds is 3. The maximum Gasteiger partial charge on any atom is 0.252 e. The molecule has 7 heteroatoms. The van der Waals surface area contributed by atoms with E-state index in [1.807, 2.05) is 22.5 Å². The summed E-state index contributed by atoms with van der Waals surface area (Å²) >= 11 is 0. The molecule has 2 aromatic rings. The Labute approximate surface area is 185 Å². The van der Waals surface area contributed by atoms with Crippen LogP contribution in [0.2, 0.25) is 0 Å². The van der Waals surface area contributed by atoms with Crippen LogP contribution in [-0.4, -0.2) is 56.2 Å². The zero-order chi connectivity index (χ0) is 21.7. The number of aromatic nitrogens is 3. The first-order valence-corrected chi connectivity index (χ1v) is 12.3. The van der Waals surface area contributed by atoms with E-state index in [0.717, 1.165) is 60.3 Å². The Hall–Kier alpha value is -2.30. The van der Waals surface area contributed by atoms with Crippen LogP contribution in [0.15, 0.2) is 41.8 Å². The molecule has 1 fully saturated rings. The number of hydrogen-bond donors (Lipinski definition) is 0. The molecule has 31 heavy (non-hydrogen) atoms. The number of fused-ring (bicyclic) bond motifs is 2. The van der Waals surface area contributed by atoms with Gasteiger partial charge in [-0.2, -0.15) is 5.10 Å². The number of likely N-dealkylation sites (tertiary alicyclic amines) is 1. The van der Waals surface area contributed by atoms with Crippen molar-refractivity contribution in [2.24, 2.45) is 5.92 Å². The smallest absolute Gasteiger partial charge is 0.252 e. The van der Waals surface area contributed by atoms with Gasteiger partial charge < -0.3 is 9.80 Å². The quantitative estimate of drug-likeness (QED) is 0.685. The van der Waals surface area contributed by atoms with Crippen LogP contribution in [0.1, 0.15) is 43.8 Å². The molecule has 0 spiro atoms. The lowest BCUT2D eigenvalue weighted by molar-refractivity contribution is -0.123. The maximum atomic E-state index is 13.2. The fourth-order valence-corrected chi connectivity index (χ4v) is 6.31. The second-order valence-corrected chi connectivity index (χ2v) is 10.4. The summed E-state index contributed by atoms with van der Waals surface area (Å²) in [5.41, 5.74) is 6.53. The van der Waals surface area contributed by atoms with Crippen LogP contribution in [0, 0.1) is 12.8 Å². The third-order valence-electron chi connectivity index (χ3n) is 6.66. The van der Waals surface area contributed by atoms with Crippen LogP contribution in [0.25, 0.3) is 10.8 Å². The lowest BCUT2D eigenvalue weighted by atomic mass is 9.87. The van der Waals surface area contributed by atoms with Crippen molar-refractivity contribution in [3.8, 4) is 0 Å². The van der Waals surface area contributed by atoms with Gasteiger partial charge in [-0.15, -0.1) is 0 Å². The van der Waals surface area contributed by atoms with Crippen LogP contribution >= 0.6 is 8.58 Å². The summed E-state index contributed by atoms with van der Waals surface area (Å²) in [6, 6.07) is 2.09. The molecule has 5 rings (SSSR count). The summed E-state index contributed by atoms with van der Waals surface area (Å²) in [6.45, 7) is 8.53. The lowest BCUT2D eigenvalue weighted by Gasteiger charge is -2.39. The largest absolute Gasteiger partial charge is 0.306 e. The molecule has 0 aromatic carbocycles. The lowest BCUT2D eigenvalue weighted by Crippen LogP contribution is -2.39. The molecule has 2 unspecified atom stereocenters. The third kappa shape index (κ3) is 3.77. The van der Waals surface area contributed by atoms with Gasteiger partial charge in [0.25, 0.3) is 5.91 Å². The van der Waals surface area contributed by atoms with Gasteiger partial charge >= 0.3 is 0 Å². The topological polar surface area (TPSA) is 53.7 Å². The Kier molecular flexibility index (Phi) is 5.31. The second-order valence-electron chi connectivity index (χ2n) is 8.99. The molecule has 6 nitrogen and oxygen atoms in total. The molecule has 0 saturated carbocycles. The Morgan fingerprint density at radius 2 is 1.97 bits per heavy atom. The van der Waals surface area contributed by atoms with Crippen molar-refractivity contribution in [3.63, 3.8) is 0 Å². The van der Waals surface area contributed by atoms with Crippen molar-refractivity contribution in [3.05, 3.63) is 58.8 Å².